The van der Waals surface area contributed by atoms with Crippen LogP contribution < -0.4 is 10.1 Å². The van der Waals surface area contributed by atoms with Gasteiger partial charge in [-0.15, -0.1) is 11.3 Å². The first kappa shape index (κ1) is 17.9. The summed E-state index contributed by atoms with van der Waals surface area (Å²) in [5, 5.41) is 3.77. The van der Waals surface area contributed by atoms with E-state index in [4.69, 9.17) is 4.74 Å². The fourth-order valence-electron chi connectivity index (χ4n) is 2.95. The van der Waals surface area contributed by atoms with Crippen molar-refractivity contribution in [2.24, 2.45) is 0 Å². The van der Waals surface area contributed by atoms with Gasteiger partial charge < -0.3 is 10.1 Å². The van der Waals surface area contributed by atoms with E-state index in [-0.39, 0.29) is 5.91 Å². The fourth-order valence-corrected chi connectivity index (χ4v) is 3.89. The largest absolute Gasteiger partial charge is 0.497 e. The number of methoxy groups -OCH3 is 1. The summed E-state index contributed by atoms with van der Waals surface area (Å²) in [5.41, 5.74) is 3.01. The van der Waals surface area contributed by atoms with Crippen LogP contribution in [0.1, 0.15) is 20.0 Å². The molecule has 4 rings (SSSR count). The molecule has 0 aliphatic rings. The average Bonchev–Trinajstić information content (AvgIpc) is 3.23. The van der Waals surface area contributed by atoms with Crippen LogP contribution in [0.3, 0.4) is 0 Å². The van der Waals surface area contributed by atoms with Gasteiger partial charge >= 0.3 is 0 Å². The van der Waals surface area contributed by atoms with Gasteiger partial charge in [-0.1, -0.05) is 6.07 Å². The lowest BCUT2D eigenvalue weighted by Gasteiger charge is -2.06. The maximum atomic E-state index is 12.6. The van der Waals surface area contributed by atoms with E-state index in [2.05, 4.69) is 10.3 Å². The predicted octanol–water partition coefficient (Wildman–Crippen LogP) is 5.04. The normalized spacial score (nSPS) is 10.6. The highest BCUT2D eigenvalue weighted by Gasteiger charge is 2.13. The van der Waals surface area contributed by atoms with Gasteiger partial charge in [0.05, 0.1) is 17.5 Å². The third kappa shape index (κ3) is 3.50. The van der Waals surface area contributed by atoms with E-state index in [1.807, 2.05) is 42.5 Å². The maximum Gasteiger partial charge on any atom is 0.265 e. The molecule has 6 heteroatoms. The molecule has 0 saturated heterocycles. The van der Waals surface area contributed by atoms with Crippen LogP contribution in [0.5, 0.6) is 5.75 Å². The number of carbonyl (C=O) groups is 2. The Morgan fingerprint density at radius 1 is 1.11 bits per heavy atom. The lowest BCUT2D eigenvalue weighted by Crippen LogP contribution is -2.09. The van der Waals surface area contributed by atoms with E-state index in [1.165, 1.54) is 11.3 Å². The van der Waals surface area contributed by atoms with Gasteiger partial charge in [0.1, 0.15) is 12.0 Å². The quantitative estimate of drug-likeness (QED) is 0.487. The molecule has 0 spiro atoms. The Hall–Kier alpha value is -3.51. The summed E-state index contributed by atoms with van der Waals surface area (Å²) in [7, 11) is 1.58. The first-order valence-corrected chi connectivity index (χ1v) is 9.39. The second-order valence-electron chi connectivity index (χ2n) is 6.10. The molecular formula is C22H16N2O3S. The summed E-state index contributed by atoms with van der Waals surface area (Å²) in [4.78, 5) is 29.6. The molecule has 0 aliphatic heterocycles. The summed E-state index contributed by atoms with van der Waals surface area (Å²) >= 11 is 1.39. The Morgan fingerprint density at radius 2 is 2.00 bits per heavy atom. The molecule has 0 atom stereocenters. The molecule has 0 aliphatic carbocycles. The molecule has 2 heterocycles. The van der Waals surface area contributed by atoms with E-state index in [1.54, 1.807) is 31.5 Å². The summed E-state index contributed by atoms with van der Waals surface area (Å²) in [6, 6.07) is 18.2. The molecule has 2 aromatic carbocycles. The van der Waals surface area contributed by atoms with E-state index in [0.717, 1.165) is 27.6 Å². The molecule has 0 radical (unpaired) electrons. The van der Waals surface area contributed by atoms with Crippen molar-refractivity contribution >= 4 is 40.1 Å². The van der Waals surface area contributed by atoms with Gasteiger partial charge in [-0.25, -0.2) is 0 Å². The highest BCUT2D eigenvalue weighted by atomic mass is 32.1. The van der Waals surface area contributed by atoms with Gasteiger partial charge in [0.25, 0.3) is 5.91 Å². The zero-order chi connectivity index (χ0) is 19.5. The molecular weight excluding hydrogens is 372 g/mol. The zero-order valence-electron chi connectivity index (χ0n) is 15.0. The molecule has 138 valence electrons. The average molecular weight is 388 g/mol. The smallest absolute Gasteiger partial charge is 0.265 e. The van der Waals surface area contributed by atoms with Crippen LogP contribution in [0.15, 0.2) is 66.9 Å². The highest BCUT2D eigenvalue weighted by Crippen LogP contribution is 2.33. The van der Waals surface area contributed by atoms with Gasteiger partial charge in [-0.05, 0) is 48.5 Å². The Balaban J connectivity index is 1.65. The summed E-state index contributed by atoms with van der Waals surface area (Å²) < 4.78 is 5.18. The lowest BCUT2D eigenvalue weighted by atomic mass is 10.1. The van der Waals surface area contributed by atoms with Gasteiger partial charge in [-0.2, -0.15) is 0 Å². The van der Waals surface area contributed by atoms with Crippen LogP contribution in [0.4, 0.5) is 5.69 Å². The van der Waals surface area contributed by atoms with Crippen LogP contribution in [0.2, 0.25) is 0 Å². The van der Waals surface area contributed by atoms with E-state index in [0.29, 0.717) is 21.9 Å². The number of carbonyl (C=O) groups excluding carboxylic acids is 2. The standard InChI is InChI=1S/C22H16N2O3S/c1-27-16-4-2-3-15(12-16)24-22(26)21-8-7-20(28-21)17-9-10-23-19-6-5-14(13-25)11-18(17)19/h2-13H,1H3,(H,24,26). The number of hydrogen-bond donors (Lipinski definition) is 1. The first-order valence-electron chi connectivity index (χ1n) is 8.57. The Bertz CT molecular complexity index is 1180. The van der Waals surface area contributed by atoms with Crippen molar-refractivity contribution in [1.82, 2.24) is 4.98 Å². The van der Waals surface area contributed by atoms with Crippen LogP contribution in [0.25, 0.3) is 21.3 Å². The number of benzene rings is 2. The van der Waals surface area contributed by atoms with Crippen molar-refractivity contribution in [3.8, 4) is 16.2 Å². The lowest BCUT2D eigenvalue weighted by molar-refractivity contribution is 0.103. The second kappa shape index (κ2) is 7.62. The van der Waals surface area contributed by atoms with E-state index >= 15 is 0 Å². The van der Waals surface area contributed by atoms with Gasteiger partial charge in [0, 0.05) is 39.3 Å². The Labute approximate surface area is 165 Å². The summed E-state index contributed by atoms with van der Waals surface area (Å²) in [6.45, 7) is 0. The Morgan fingerprint density at radius 3 is 2.82 bits per heavy atom. The monoisotopic (exact) mass is 388 g/mol. The number of aldehydes is 1. The molecule has 4 aromatic rings. The molecule has 1 amide bonds. The molecule has 1 N–H and O–H groups in total. The molecule has 2 aromatic heterocycles. The summed E-state index contributed by atoms with van der Waals surface area (Å²) in [5.74, 6) is 0.496. The predicted molar refractivity (Wildman–Crippen MR) is 111 cm³/mol. The van der Waals surface area contributed by atoms with Crippen LogP contribution >= 0.6 is 11.3 Å². The molecule has 0 saturated carbocycles. The van der Waals surface area contributed by atoms with E-state index in [9.17, 15) is 9.59 Å². The fraction of sp³-hybridized carbons (Fsp3) is 0.0455. The number of nitrogens with zero attached hydrogens (tertiary/aromatic N) is 1. The van der Waals surface area contributed by atoms with Crippen molar-refractivity contribution in [2.75, 3.05) is 12.4 Å². The number of aromatic nitrogens is 1. The first-order chi connectivity index (χ1) is 13.7. The van der Waals surface area contributed by atoms with Crippen molar-refractivity contribution < 1.29 is 14.3 Å². The maximum absolute atomic E-state index is 12.6. The van der Waals surface area contributed by atoms with Gasteiger partial charge in [0.2, 0.25) is 0 Å². The number of rotatable bonds is 5. The third-order valence-corrected chi connectivity index (χ3v) is 5.44. The van der Waals surface area contributed by atoms with Crippen LogP contribution in [-0.4, -0.2) is 24.3 Å². The number of hydrogen-bond acceptors (Lipinski definition) is 5. The van der Waals surface area contributed by atoms with E-state index < -0.39 is 0 Å². The number of thiophene rings is 1. The van der Waals surface area contributed by atoms with Crippen LogP contribution in [0, 0.1) is 0 Å². The highest BCUT2D eigenvalue weighted by molar-refractivity contribution is 7.17. The third-order valence-electron chi connectivity index (χ3n) is 4.32. The number of anilines is 1. The zero-order valence-corrected chi connectivity index (χ0v) is 15.8. The number of pyridine rings is 1. The SMILES string of the molecule is COc1cccc(NC(=O)c2ccc(-c3ccnc4ccc(C=O)cc34)s2)c1. The van der Waals surface area contributed by atoms with Gasteiger partial charge in [-0.3, -0.25) is 14.6 Å². The molecule has 28 heavy (non-hydrogen) atoms. The molecule has 5 nitrogen and oxygen atoms in total. The summed E-state index contributed by atoms with van der Waals surface area (Å²) in [6.07, 6.45) is 2.55. The second-order valence-corrected chi connectivity index (χ2v) is 7.19. The molecule has 0 unspecified atom stereocenters. The minimum Gasteiger partial charge on any atom is -0.497 e. The number of fused-ring (bicyclic) bond motifs is 1. The number of ether oxygens (including phenoxy) is 1. The Kier molecular flexibility index (Phi) is 4.87. The molecule has 0 bridgehead atoms. The van der Waals surface area contributed by atoms with Crippen molar-refractivity contribution in [3.05, 3.63) is 77.3 Å². The van der Waals surface area contributed by atoms with Crippen molar-refractivity contribution in [1.29, 1.82) is 0 Å². The minimum atomic E-state index is -0.184. The topological polar surface area (TPSA) is 68.3 Å². The number of nitrogens with one attached hydrogen (secondary N) is 1. The van der Waals surface area contributed by atoms with Crippen molar-refractivity contribution in [2.45, 2.75) is 0 Å². The minimum absolute atomic E-state index is 0.184. The van der Waals surface area contributed by atoms with Crippen LogP contribution in [-0.2, 0) is 0 Å². The molecule has 0 fully saturated rings. The number of amides is 1. The van der Waals surface area contributed by atoms with Crippen molar-refractivity contribution in [3.63, 3.8) is 0 Å². The van der Waals surface area contributed by atoms with Gasteiger partial charge in [0.15, 0.2) is 0 Å².